The minimum Gasteiger partial charge on any atom is -0.444 e. The van der Waals surface area contributed by atoms with Crippen LogP contribution in [0.5, 0.6) is 0 Å². The van der Waals surface area contributed by atoms with Gasteiger partial charge in [0, 0.05) is 19.3 Å². The summed E-state index contributed by atoms with van der Waals surface area (Å²) < 4.78 is 5.35. The first kappa shape index (κ1) is 13.5. The van der Waals surface area contributed by atoms with E-state index in [1.54, 1.807) is 11.1 Å². The van der Waals surface area contributed by atoms with E-state index in [4.69, 9.17) is 4.74 Å². The number of ether oxygens (including phenoxy) is 1. The van der Waals surface area contributed by atoms with Crippen molar-refractivity contribution in [3.8, 4) is 0 Å². The zero-order valence-corrected chi connectivity index (χ0v) is 11.6. The Morgan fingerprint density at radius 3 is 2.74 bits per heavy atom. The molecule has 5 nitrogen and oxygen atoms in total. The molecule has 19 heavy (non-hydrogen) atoms. The fourth-order valence-electron chi connectivity index (χ4n) is 1.87. The highest BCUT2D eigenvalue weighted by atomic mass is 16.6. The zero-order valence-electron chi connectivity index (χ0n) is 11.6. The van der Waals surface area contributed by atoms with Crippen LogP contribution in [0, 0.1) is 0 Å². The molecule has 0 radical (unpaired) electrons. The van der Waals surface area contributed by atoms with Gasteiger partial charge in [0.2, 0.25) is 0 Å². The van der Waals surface area contributed by atoms with Crippen molar-refractivity contribution < 1.29 is 9.53 Å². The first-order chi connectivity index (χ1) is 8.96. The average Bonchev–Trinajstić information content (AvgIpc) is 2.38. The molecule has 0 aliphatic carbocycles. The van der Waals surface area contributed by atoms with Crippen LogP contribution in [-0.2, 0) is 4.74 Å². The van der Waals surface area contributed by atoms with E-state index in [1.807, 2.05) is 32.9 Å². The van der Waals surface area contributed by atoms with Gasteiger partial charge < -0.3 is 9.64 Å². The van der Waals surface area contributed by atoms with Crippen LogP contribution in [-0.4, -0.2) is 39.7 Å². The van der Waals surface area contributed by atoms with Crippen molar-refractivity contribution >= 4 is 11.7 Å². The van der Waals surface area contributed by atoms with Crippen LogP contribution in [0.2, 0.25) is 0 Å². The van der Waals surface area contributed by atoms with E-state index in [1.165, 1.54) is 6.33 Å². The van der Waals surface area contributed by atoms with Gasteiger partial charge in [-0.3, -0.25) is 0 Å². The molecule has 1 amide bonds. The summed E-state index contributed by atoms with van der Waals surface area (Å²) in [4.78, 5) is 21.7. The van der Waals surface area contributed by atoms with E-state index >= 15 is 0 Å². The first-order valence-electron chi connectivity index (χ1n) is 6.39. The number of rotatable bonds is 1. The van der Waals surface area contributed by atoms with Crippen molar-refractivity contribution in [3.63, 3.8) is 0 Å². The summed E-state index contributed by atoms with van der Waals surface area (Å²) in [5.74, 6) is 0. The van der Waals surface area contributed by atoms with Crippen molar-refractivity contribution in [2.24, 2.45) is 0 Å². The van der Waals surface area contributed by atoms with Crippen molar-refractivity contribution in [1.29, 1.82) is 0 Å². The molecule has 0 aromatic carbocycles. The number of nitrogens with zero attached hydrogens (tertiary/aromatic N) is 3. The van der Waals surface area contributed by atoms with E-state index in [0.717, 1.165) is 17.7 Å². The van der Waals surface area contributed by atoms with Crippen LogP contribution >= 0.6 is 0 Å². The third-order valence-corrected chi connectivity index (χ3v) is 2.77. The highest BCUT2D eigenvalue weighted by molar-refractivity contribution is 5.71. The lowest BCUT2D eigenvalue weighted by molar-refractivity contribution is 0.0270. The fourth-order valence-corrected chi connectivity index (χ4v) is 1.87. The van der Waals surface area contributed by atoms with Gasteiger partial charge in [0.05, 0.1) is 5.69 Å². The third-order valence-electron chi connectivity index (χ3n) is 2.77. The predicted octanol–water partition coefficient (Wildman–Crippen LogP) is 2.50. The molecule has 0 saturated heterocycles. The fraction of sp³-hybridized carbons (Fsp3) is 0.500. The topological polar surface area (TPSA) is 55.3 Å². The molecule has 1 aliphatic heterocycles. The molecule has 1 aromatic rings. The van der Waals surface area contributed by atoms with Crippen molar-refractivity contribution in [1.82, 2.24) is 14.9 Å². The molecular weight excluding hydrogens is 242 g/mol. The normalized spacial score (nSPS) is 15.9. The Morgan fingerprint density at radius 2 is 2.21 bits per heavy atom. The van der Waals surface area contributed by atoms with Gasteiger partial charge in [0.1, 0.15) is 11.9 Å². The van der Waals surface area contributed by atoms with Crippen LogP contribution in [0.4, 0.5) is 4.79 Å². The Morgan fingerprint density at radius 1 is 1.42 bits per heavy atom. The molecule has 0 spiro atoms. The molecule has 1 aliphatic rings. The second-order valence-corrected chi connectivity index (χ2v) is 5.50. The van der Waals surface area contributed by atoms with Gasteiger partial charge in [-0.25, -0.2) is 14.8 Å². The maximum Gasteiger partial charge on any atom is 0.410 e. The van der Waals surface area contributed by atoms with Crippen LogP contribution < -0.4 is 0 Å². The van der Waals surface area contributed by atoms with E-state index in [0.29, 0.717) is 13.1 Å². The lowest BCUT2D eigenvalue weighted by Gasteiger charge is -2.29. The molecule has 0 bridgehead atoms. The molecule has 5 heteroatoms. The van der Waals surface area contributed by atoms with E-state index in [9.17, 15) is 4.79 Å². The monoisotopic (exact) mass is 261 g/mol. The van der Waals surface area contributed by atoms with Gasteiger partial charge in [-0.05, 0) is 38.8 Å². The van der Waals surface area contributed by atoms with Crippen LogP contribution in [0.25, 0.3) is 5.57 Å². The molecule has 102 valence electrons. The van der Waals surface area contributed by atoms with Gasteiger partial charge in [-0.2, -0.15) is 0 Å². The number of carbonyl (C=O) groups excluding carboxylic acids is 1. The average molecular weight is 261 g/mol. The SMILES string of the molecule is CC(C)(C)OC(=O)N1CC=C(c2ccncn2)CC1. The molecule has 0 saturated carbocycles. The Balaban J connectivity index is 1.98. The molecule has 0 unspecified atom stereocenters. The summed E-state index contributed by atoms with van der Waals surface area (Å²) in [7, 11) is 0. The molecule has 1 aromatic heterocycles. The Kier molecular flexibility index (Phi) is 3.83. The van der Waals surface area contributed by atoms with Gasteiger partial charge in [-0.15, -0.1) is 0 Å². The smallest absolute Gasteiger partial charge is 0.410 e. The summed E-state index contributed by atoms with van der Waals surface area (Å²) in [5, 5.41) is 0. The summed E-state index contributed by atoms with van der Waals surface area (Å²) in [6, 6.07) is 1.88. The summed E-state index contributed by atoms with van der Waals surface area (Å²) >= 11 is 0. The van der Waals surface area contributed by atoms with Gasteiger partial charge in [-0.1, -0.05) is 6.08 Å². The molecule has 2 rings (SSSR count). The Labute approximate surface area is 113 Å². The largest absolute Gasteiger partial charge is 0.444 e. The lowest BCUT2D eigenvalue weighted by Crippen LogP contribution is -2.39. The van der Waals surface area contributed by atoms with Crippen molar-refractivity contribution in [2.75, 3.05) is 13.1 Å². The number of hydrogen-bond donors (Lipinski definition) is 0. The van der Waals surface area contributed by atoms with Crippen LogP contribution in [0.1, 0.15) is 32.9 Å². The molecule has 0 fully saturated rings. The Hall–Kier alpha value is -1.91. The van der Waals surface area contributed by atoms with Gasteiger partial charge in [0.25, 0.3) is 0 Å². The summed E-state index contributed by atoms with van der Waals surface area (Å²) in [6.07, 6.45) is 5.82. The maximum atomic E-state index is 11.9. The molecule has 0 atom stereocenters. The minimum absolute atomic E-state index is 0.259. The van der Waals surface area contributed by atoms with Crippen molar-refractivity contribution in [2.45, 2.75) is 32.8 Å². The zero-order chi connectivity index (χ0) is 13.9. The molecule has 0 N–H and O–H groups in total. The highest BCUT2D eigenvalue weighted by Gasteiger charge is 2.23. The quantitative estimate of drug-likeness (QED) is 0.779. The first-order valence-corrected chi connectivity index (χ1v) is 6.39. The highest BCUT2D eigenvalue weighted by Crippen LogP contribution is 2.21. The van der Waals surface area contributed by atoms with Crippen LogP contribution in [0.3, 0.4) is 0 Å². The number of hydrogen-bond acceptors (Lipinski definition) is 4. The predicted molar refractivity (Wildman–Crippen MR) is 72.4 cm³/mol. The second-order valence-electron chi connectivity index (χ2n) is 5.50. The van der Waals surface area contributed by atoms with Crippen LogP contribution in [0.15, 0.2) is 24.7 Å². The minimum atomic E-state index is -0.451. The van der Waals surface area contributed by atoms with E-state index < -0.39 is 5.60 Å². The summed E-state index contributed by atoms with van der Waals surface area (Å²) in [5.41, 5.74) is 1.63. The molecule has 2 heterocycles. The molecular formula is C14H19N3O2. The van der Waals surface area contributed by atoms with Crippen molar-refractivity contribution in [3.05, 3.63) is 30.4 Å². The number of amides is 1. The Bertz CT molecular complexity index is 477. The lowest BCUT2D eigenvalue weighted by atomic mass is 10.1. The third kappa shape index (κ3) is 3.77. The van der Waals surface area contributed by atoms with Gasteiger partial charge >= 0.3 is 6.09 Å². The second kappa shape index (κ2) is 5.38. The summed E-state index contributed by atoms with van der Waals surface area (Å²) in [6.45, 7) is 6.84. The van der Waals surface area contributed by atoms with E-state index in [2.05, 4.69) is 9.97 Å². The number of aromatic nitrogens is 2. The number of carbonyl (C=O) groups is 1. The standard InChI is InChI=1S/C14H19N3O2/c1-14(2,3)19-13(18)17-8-5-11(6-9-17)12-4-7-15-10-16-12/h4-5,7,10H,6,8-9H2,1-3H3. The van der Waals surface area contributed by atoms with E-state index in [-0.39, 0.29) is 6.09 Å². The maximum absolute atomic E-state index is 11.9. The van der Waals surface area contributed by atoms with Gasteiger partial charge in [0.15, 0.2) is 0 Å².